The molecule has 0 heterocycles. The van der Waals surface area contributed by atoms with Crippen molar-refractivity contribution in [2.75, 3.05) is 5.32 Å². The predicted octanol–water partition coefficient (Wildman–Crippen LogP) is 3.12. The van der Waals surface area contributed by atoms with E-state index >= 15 is 0 Å². The first-order valence-corrected chi connectivity index (χ1v) is 5.19. The molecule has 1 saturated carbocycles. The second-order valence-corrected chi connectivity index (χ2v) is 4.08. The molecule has 0 aliphatic heterocycles. The maximum Gasteiger partial charge on any atom is 0.120 e. The average molecular weight is 225 g/mol. The van der Waals surface area contributed by atoms with Crippen LogP contribution in [0.2, 0.25) is 5.02 Å². The Labute approximate surface area is 92.7 Å². The summed E-state index contributed by atoms with van der Waals surface area (Å²) >= 11 is 5.76. The number of nitriles is 1. The maximum absolute atomic E-state index is 13.0. The zero-order valence-electron chi connectivity index (χ0n) is 8.00. The SMILES string of the molecule is N#Cc1cc(Cl)ccc1N[C@H]1CC[C@H]1F. The number of hydrogen-bond acceptors (Lipinski definition) is 2. The summed E-state index contributed by atoms with van der Waals surface area (Å²) in [4.78, 5) is 0. The van der Waals surface area contributed by atoms with Crippen LogP contribution in [-0.2, 0) is 0 Å². The standard InChI is InChI=1S/C11H10ClFN2/c12-8-1-3-10(7(5-8)6-14)15-11-4-2-9(11)13/h1,3,5,9,11,15H,2,4H2/t9-,11+/m1/s1. The number of alkyl halides is 1. The van der Waals surface area contributed by atoms with Gasteiger partial charge in [-0.05, 0) is 31.0 Å². The molecular weight excluding hydrogens is 215 g/mol. The van der Waals surface area contributed by atoms with Crippen LogP contribution in [0, 0.1) is 11.3 Å². The van der Waals surface area contributed by atoms with Gasteiger partial charge in [-0.3, -0.25) is 0 Å². The zero-order valence-corrected chi connectivity index (χ0v) is 8.76. The number of halogens is 2. The Balaban J connectivity index is 2.17. The van der Waals surface area contributed by atoms with Gasteiger partial charge >= 0.3 is 0 Å². The molecule has 78 valence electrons. The van der Waals surface area contributed by atoms with Crippen LogP contribution in [0.15, 0.2) is 18.2 Å². The molecule has 1 aliphatic rings. The van der Waals surface area contributed by atoms with Gasteiger partial charge < -0.3 is 5.32 Å². The van der Waals surface area contributed by atoms with Gasteiger partial charge in [0.05, 0.1) is 17.3 Å². The summed E-state index contributed by atoms with van der Waals surface area (Å²) in [6.07, 6.45) is 0.620. The molecule has 1 fully saturated rings. The van der Waals surface area contributed by atoms with Gasteiger partial charge in [0.1, 0.15) is 12.2 Å². The summed E-state index contributed by atoms with van der Waals surface area (Å²) in [6.45, 7) is 0. The quantitative estimate of drug-likeness (QED) is 0.838. The summed E-state index contributed by atoms with van der Waals surface area (Å²) < 4.78 is 13.0. The molecule has 1 N–H and O–H groups in total. The fraction of sp³-hybridized carbons (Fsp3) is 0.364. The van der Waals surface area contributed by atoms with Gasteiger partial charge in [0.25, 0.3) is 0 Å². The van der Waals surface area contributed by atoms with Gasteiger partial charge in [-0.15, -0.1) is 0 Å². The number of anilines is 1. The third kappa shape index (κ3) is 2.05. The lowest BCUT2D eigenvalue weighted by Gasteiger charge is -2.32. The van der Waals surface area contributed by atoms with Crippen LogP contribution in [-0.4, -0.2) is 12.2 Å². The van der Waals surface area contributed by atoms with Crippen LogP contribution >= 0.6 is 11.6 Å². The van der Waals surface area contributed by atoms with Crippen molar-refractivity contribution >= 4 is 17.3 Å². The number of nitrogens with zero attached hydrogens (tertiary/aromatic N) is 1. The normalized spacial score (nSPS) is 24.1. The Morgan fingerprint density at radius 1 is 1.47 bits per heavy atom. The highest BCUT2D eigenvalue weighted by molar-refractivity contribution is 6.30. The maximum atomic E-state index is 13.0. The topological polar surface area (TPSA) is 35.8 Å². The first-order valence-electron chi connectivity index (χ1n) is 4.81. The van der Waals surface area contributed by atoms with Crippen molar-refractivity contribution in [3.63, 3.8) is 0 Å². The Kier molecular flexibility index (Phi) is 2.79. The van der Waals surface area contributed by atoms with Gasteiger partial charge in [0.15, 0.2) is 0 Å². The van der Waals surface area contributed by atoms with E-state index in [9.17, 15) is 4.39 Å². The van der Waals surface area contributed by atoms with Crippen molar-refractivity contribution in [1.29, 1.82) is 5.26 Å². The summed E-state index contributed by atoms with van der Waals surface area (Å²) in [5.74, 6) is 0. The third-order valence-corrected chi connectivity index (χ3v) is 2.87. The van der Waals surface area contributed by atoms with E-state index in [-0.39, 0.29) is 6.04 Å². The second kappa shape index (κ2) is 4.08. The number of rotatable bonds is 2. The van der Waals surface area contributed by atoms with E-state index in [1.165, 1.54) is 0 Å². The third-order valence-electron chi connectivity index (χ3n) is 2.63. The van der Waals surface area contributed by atoms with Gasteiger partial charge in [-0.2, -0.15) is 5.26 Å². The molecule has 1 aromatic rings. The van der Waals surface area contributed by atoms with Gasteiger partial charge in [-0.1, -0.05) is 11.6 Å². The van der Waals surface area contributed by atoms with Crippen molar-refractivity contribution in [2.45, 2.75) is 25.1 Å². The van der Waals surface area contributed by atoms with Gasteiger partial charge in [-0.25, -0.2) is 4.39 Å². The van der Waals surface area contributed by atoms with E-state index in [1.807, 2.05) is 6.07 Å². The van der Waals surface area contributed by atoms with E-state index in [0.29, 0.717) is 22.7 Å². The van der Waals surface area contributed by atoms with E-state index in [1.54, 1.807) is 18.2 Å². The van der Waals surface area contributed by atoms with Gasteiger partial charge in [0, 0.05) is 5.02 Å². The molecule has 1 aromatic carbocycles. The molecule has 4 heteroatoms. The smallest absolute Gasteiger partial charge is 0.120 e. The lowest BCUT2D eigenvalue weighted by Crippen LogP contribution is -2.40. The first kappa shape index (κ1) is 10.3. The Bertz CT molecular complexity index is 414. The average Bonchev–Trinajstić information content (AvgIpc) is 2.25. The summed E-state index contributed by atoms with van der Waals surface area (Å²) in [5, 5.41) is 12.4. The first-order chi connectivity index (χ1) is 7.20. The molecule has 0 bridgehead atoms. The molecule has 15 heavy (non-hydrogen) atoms. The minimum atomic E-state index is -0.799. The number of benzene rings is 1. The van der Waals surface area contributed by atoms with Crippen LogP contribution < -0.4 is 5.32 Å². The molecule has 0 radical (unpaired) electrons. The zero-order chi connectivity index (χ0) is 10.8. The minimum absolute atomic E-state index is 0.154. The second-order valence-electron chi connectivity index (χ2n) is 3.65. The molecule has 2 nitrogen and oxygen atoms in total. The molecule has 1 aliphatic carbocycles. The van der Waals surface area contributed by atoms with Crippen LogP contribution in [0.1, 0.15) is 18.4 Å². The lowest BCUT2D eigenvalue weighted by atomic mass is 9.90. The molecule has 0 saturated heterocycles. The molecule has 2 atom stereocenters. The highest BCUT2D eigenvalue weighted by Gasteiger charge is 2.30. The van der Waals surface area contributed by atoms with Crippen molar-refractivity contribution in [3.05, 3.63) is 28.8 Å². The monoisotopic (exact) mass is 224 g/mol. The van der Waals surface area contributed by atoms with Crippen molar-refractivity contribution in [2.24, 2.45) is 0 Å². The lowest BCUT2D eigenvalue weighted by molar-refractivity contribution is 0.186. The van der Waals surface area contributed by atoms with Crippen LogP contribution in [0.4, 0.5) is 10.1 Å². The Hall–Kier alpha value is -1.27. The van der Waals surface area contributed by atoms with Crippen LogP contribution in [0.25, 0.3) is 0 Å². The summed E-state index contributed by atoms with van der Waals surface area (Å²) in [5.41, 5.74) is 1.12. The molecule has 0 unspecified atom stereocenters. The number of nitrogens with one attached hydrogen (secondary N) is 1. The van der Waals surface area contributed by atoms with E-state index in [4.69, 9.17) is 16.9 Å². The van der Waals surface area contributed by atoms with Crippen molar-refractivity contribution in [3.8, 4) is 6.07 Å². The summed E-state index contributed by atoms with van der Waals surface area (Å²) in [6, 6.07) is 6.87. The fourth-order valence-electron chi connectivity index (χ4n) is 1.56. The highest BCUT2D eigenvalue weighted by atomic mass is 35.5. The van der Waals surface area contributed by atoms with Crippen LogP contribution in [0.3, 0.4) is 0 Å². The summed E-state index contributed by atoms with van der Waals surface area (Å²) in [7, 11) is 0. The largest absolute Gasteiger partial charge is 0.378 e. The minimum Gasteiger partial charge on any atom is -0.378 e. The van der Waals surface area contributed by atoms with E-state index in [2.05, 4.69) is 5.32 Å². The van der Waals surface area contributed by atoms with E-state index in [0.717, 1.165) is 6.42 Å². The fourth-order valence-corrected chi connectivity index (χ4v) is 1.73. The van der Waals surface area contributed by atoms with Crippen molar-refractivity contribution < 1.29 is 4.39 Å². The van der Waals surface area contributed by atoms with E-state index < -0.39 is 6.17 Å². The molecule has 0 spiro atoms. The van der Waals surface area contributed by atoms with Gasteiger partial charge in [0.2, 0.25) is 0 Å². The molecule has 2 rings (SSSR count). The molecular formula is C11H10ClFN2. The predicted molar refractivity (Wildman–Crippen MR) is 57.7 cm³/mol. The Morgan fingerprint density at radius 2 is 2.27 bits per heavy atom. The highest BCUT2D eigenvalue weighted by Crippen LogP contribution is 2.29. The number of hydrogen-bond donors (Lipinski definition) is 1. The molecule has 0 aromatic heterocycles. The van der Waals surface area contributed by atoms with Crippen LogP contribution in [0.5, 0.6) is 0 Å². The van der Waals surface area contributed by atoms with Crippen molar-refractivity contribution in [1.82, 2.24) is 0 Å². The Morgan fingerprint density at radius 3 is 2.80 bits per heavy atom. The molecule has 0 amide bonds.